The third-order valence-corrected chi connectivity index (χ3v) is 0.633. The van der Waals surface area contributed by atoms with Crippen molar-refractivity contribution in [3.63, 3.8) is 0 Å². The smallest absolute Gasteiger partial charge is 0.0375 e. The summed E-state index contributed by atoms with van der Waals surface area (Å²) in [6.45, 7) is 1.81. The molecule has 36 valence electrons. The lowest BCUT2D eigenvalue weighted by molar-refractivity contribution is 1.55. The molecule has 0 aromatic carbocycles. The third-order valence-electron chi connectivity index (χ3n) is 0.633. The molecular weight excluding hydrogens is 86.1 g/mol. The van der Waals surface area contributed by atoms with Gasteiger partial charge in [0.1, 0.15) is 0 Å². The minimum absolute atomic E-state index is 0.625. The van der Waals surface area contributed by atoms with E-state index in [0.717, 1.165) is 6.21 Å². The van der Waals surface area contributed by atoms with E-state index in [9.17, 15) is 0 Å². The van der Waals surface area contributed by atoms with Gasteiger partial charge in [-0.05, 0) is 6.92 Å². The molecular formula is C6H7N. The van der Waals surface area contributed by atoms with Gasteiger partial charge in [-0.15, -0.1) is 6.42 Å². The quantitative estimate of drug-likeness (QED) is 0.372. The second-order valence-electron chi connectivity index (χ2n) is 1.03. The van der Waals surface area contributed by atoms with Crippen molar-refractivity contribution in [2.75, 3.05) is 0 Å². The Morgan fingerprint density at radius 1 is 1.86 bits per heavy atom. The maximum absolute atomic E-state index is 6.62. The lowest BCUT2D eigenvalue weighted by Gasteiger charge is -1.77. The molecule has 0 aromatic heterocycles. The first-order valence-corrected chi connectivity index (χ1v) is 1.98. The fraction of sp³-hybridized carbons (Fsp3) is 0.167. The Labute approximate surface area is 43.6 Å². The molecule has 1 heteroatoms. The van der Waals surface area contributed by atoms with Crippen molar-refractivity contribution in [1.29, 1.82) is 5.41 Å². The van der Waals surface area contributed by atoms with Crippen LogP contribution in [-0.2, 0) is 0 Å². The third kappa shape index (κ3) is 1.77. The molecule has 0 bridgehead atoms. The summed E-state index contributed by atoms with van der Waals surface area (Å²) < 4.78 is 0. The molecule has 0 atom stereocenters. The van der Waals surface area contributed by atoms with Gasteiger partial charge in [0.15, 0.2) is 0 Å². The lowest BCUT2D eigenvalue weighted by Crippen LogP contribution is -1.72. The van der Waals surface area contributed by atoms with Crippen molar-refractivity contribution >= 4 is 6.21 Å². The Kier molecular flexibility index (Phi) is 2.70. The lowest BCUT2D eigenvalue weighted by atomic mass is 10.3. The molecule has 1 N–H and O–H groups in total. The number of terminal acetylenes is 1. The van der Waals surface area contributed by atoms with Crippen LogP contribution in [0.3, 0.4) is 0 Å². The molecule has 0 spiro atoms. The topological polar surface area (TPSA) is 23.9 Å². The van der Waals surface area contributed by atoms with E-state index in [0.29, 0.717) is 5.57 Å². The SMILES string of the molecule is C#C/C(C=N)=C/C. The molecule has 0 saturated carbocycles. The van der Waals surface area contributed by atoms with Gasteiger partial charge in [0.25, 0.3) is 0 Å². The van der Waals surface area contributed by atoms with Crippen LogP contribution in [-0.4, -0.2) is 6.21 Å². The Morgan fingerprint density at radius 2 is 2.43 bits per heavy atom. The van der Waals surface area contributed by atoms with Crippen molar-refractivity contribution in [2.24, 2.45) is 0 Å². The van der Waals surface area contributed by atoms with Gasteiger partial charge in [0.05, 0.1) is 0 Å². The predicted molar refractivity (Wildman–Crippen MR) is 31.4 cm³/mol. The fourth-order valence-electron chi connectivity index (χ4n) is 0.208. The molecule has 0 saturated heterocycles. The van der Waals surface area contributed by atoms with E-state index < -0.39 is 0 Å². The number of nitrogens with one attached hydrogen (secondary N) is 1. The first kappa shape index (κ1) is 5.97. The highest BCUT2D eigenvalue weighted by Crippen LogP contribution is 1.81. The summed E-state index contributed by atoms with van der Waals surface area (Å²) in [5.41, 5.74) is 0.625. The maximum Gasteiger partial charge on any atom is 0.0375 e. The molecule has 0 heterocycles. The summed E-state index contributed by atoms with van der Waals surface area (Å²) in [5, 5.41) is 6.62. The molecule has 0 amide bonds. The molecule has 0 radical (unpaired) electrons. The molecule has 0 aliphatic heterocycles. The molecule has 0 aromatic rings. The zero-order chi connectivity index (χ0) is 5.70. The molecule has 0 fully saturated rings. The van der Waals surface area contributed by atoms with Crippen molar-refractivity contribution in [1.82, 2.24) is 0 Å². The highest BCUT2D eigenvalue weighted by Gasteiger charge is 1.74. The monoisotopic (exact) mass is 93.1 g/mol. The largest absolute Gasteiger partial charge is 0.307 e. The average molecular weight is 93.1 g/mol. The summed E-state index contributed by atoms with van der Waals surface area (Å²) in [6.07, 6.45) is 7.79. The highest BCUT2D eigenvalue weighted by atomic mass is 14.3. The molecule has 0 aliphatic carbocycles. The van der Waals surface area contributed by atoms with Crippen LogP contribution in [0.5, 0.6) is 0 Å². The highest BCUT2D eigenvalue weighted by molar-refractivity contribution is 5.81. The van der Waals surface area contributed by atoms with Gasteiger partial charge < -0.3 is 5.41 Å². The summed E-state index contributed by atoms with van der Waals surface area (Å²) >= 11 is 0. The van der Waals surface area contributed by atoms with Gasteiger partial charge in [-0.1, -0.05) is 12.0 Å². The molecule has 0 aliphatic rings. The summed E-state index contributed by atoms with van der Waals surface area (Å²) in [5.74, 6) is 2.32. The number of hydrogen-bond acceptors (Lipinski definition) is 1. The van der Waals surface area contributed by atoms with E-state index in [4.69, 9.17) is 11.8 Å². The van der Waals surface area contributed by atoms with Crippen LogP contribution >= 0.6 is 0 Å². The van der Waals surface area contributed by atoms with Crippen molar-refractivity contribution in [3.05, 3.63) is 11.6 Å². The van der Waals surface area contributed by atoms with Crippen LogP contribution in [0.15, 0.2) is 11.6 Å². The van der Waals surface area contributed by atoms with Crippen molar-refractivity contribution < 1.29 is 0 Å². The Bertz CT molecular complexity index is 126. The van der Waals surface area contributed by atoms with Crippen LogP contribution in [0.4, 0.5) is 0 Å². The summed E-state index contributed by atoms with van der Waals surface area (Å²) in [6, 6.07) is 0. The second kappa shape index (κ2) is 3.17. The second-order valence-corrected chi connectivity index (χ2v) is 1.03. The summed E-state index contributed by atoms with van der Waals surface area (Å²) in [4.78, 5) is 0. The zero-order valence-corrected chi connectivity index (χ0v) is 4.23. The normalized spacial score (nSPS) is 10.0. The van der Waals surface area contributed by atoms with Crippen LogP contribution < -0.4 is 0 Å². The van der Waals surface area contributed by atoms with Crippen LogP contribution in [0, 0.1) is 17.8 Å². The van der Waals surface area contributed by atoms with E-state index in [1.165, 1.54) is 0 Å². The van der Waals surface area contributed by atoms with Gasteiger partial charge in [0, 0.05) is 11.8 Å². The van der Waals surface area contributed by atoms with Gasteiger partial charge >= 0.3 is 0 Å². The van der Waals surface area contributed by atoms with Crippen LogP contribution in [0.2, 0.25) is 0 Å². The van der Waals surface area contributed by atoms with Gasteiger partial charge in [-0.2, -0.15) is 0 Å². The van der Waals surface area contributed by atoms with E-state index in [-0.39, 0.29) is 0 Å². The first-order chi connectivity index (χ1) is 3.35. The summed E-state index contributed by atoms with van der Waals surface area (Å²) in [7, 11) is 0. The van der Waals surface area contributed by atoms with Crippen LogP contribution in [0.1, 0.15) is 6.92 Å². The van der Waals surface area contributed by atoms with Gasteiger partial charge in [-0.25, -0.2) is 0 Å². The minimum Gasteiger partial charge on any atom is -0.307 e. The van der Waals surface area contributed by atoms with Gasteiger partial charge in [-0.3, -0.25) is 0 Å². The molecule has 0 unspecified atom stereocenters. The number of hydrogen-bond donors (Lipinski definition) is 1. The van der Waals surface area contributed by atoms with Crippen LogP contribution in [0.25, 0.3) is 0 Å². The maximum atomic E-state index is 6.62. The van der Waals surface area contributed by atoms with Gasteiger partial charge in [0.2, 0.25) is 0 Å². The number of rotatable bonds is 1. The Hall–Kier alpha value is -1.03. The Morgan fingerprint density at radius 3 is 2.43 bits per heavy atom. The molecule has 0 rings (SSSR count). The first-order valence-electron chi connectivity index (χ1n) is 1.98. The zero-order valence-electron chi connectivity index (χ0n) is 4.23. The Balaban J connectivity index is 3.94. The molecule has 7 heavy (non-hydrogen) atoms. The predicted octanol–water partition coefficient (Wildman–Crippen LogP) is 1.22. The number of allylic oxidation sites excluding steroid dienone is 2. The van der Waals surface area contributed by atoms with Crippen molar-refractivity contribution in [2.45, 2.75) is 6.92 Å². The average Bonchev–Trinajstić information content (AvgIpc) is 1.72. The van der Waals surface area contributed by atoms with E-state index in [1.54, 1.807) is 13.0 Å². The minimum atomic E-state index is 0.625. The van der Waals surface area contributed by atoms with E-state index >= 15 is 0 Å². The van der Waals surface area contributed by atoms with E-state index in [1.807, 2.05) is 0 Å². The fourth-order valence-corrected chi connectivity index (χ4v) is 0.208. The standard InChI is InChI=1S/C6H7N/c1-3-6(4-2)5-7/h1,4-5,7H,2H3/b6-4-,7-5?. The van der Waals surface area contributed by atoms with Crippen molar-refractivity contribution in [3.8, 4) is 12.3 Å². The molecule has 1 nitrogen and oxygen atoms in total. The van der Waals surface area contributed by atoms with E-state index in [2.05, 4.69) is 5.92 Å².